The molecular weight excluding hydrogens is 404 g/mol. The number of carbonyl (C=O) groups is 3. The normalized spacial score (nSPS) is 27.7. The minimum absolute atomic E-state index is 0.0563. The molecule has 9 heteroatoms. The van der Waals surface area contributed by atoms with Crippen LogP contribution in [-0.2, 0) is 19.1 Å². The summed E-state index contributed by atoms with van der Waals surface area (Å²) in [6, 6.07) is -0.314. The molecule has 3 saturated heterocycles. The highest BCUT2D eigenvalue weighted by atomic mass is 32.2. The fourth-order valence-corrected chi connectivity index (χ4v) is 6.19. The predicted octanol–water partition coefficient (Wildman–Crippen LogP) is 1.65. The third kappa shape index (κ3) is 4.99. The monoisotopic (exact) mass is 436 g/mol. The zero-order chi connectivity index (χ0) is 20.9. The highest BCUT2D eigenvalue weighted by Crippen LogP contribution is 2.31. The lowest BCUT2D eigenvalue weighted by Crippen LogP contribution is -2.53. The molecule has 0 aromatic rings. The Bertz CT molecular complexity index is 688. The summed E-state index contributed by atoms with van der Waals surface area (Å²) < 4.78 is 5.41. The number of ketones is 1. The molecule has 30 heavy (non-hydrogen) atoms. The smallest absolute Gasteiger partial charge is 0.309 e. The summed E-state index contributed by atoms with van der Waals surface area (Å²) >= 11 is 1.62. The van der Waals surface area contributed by atoms with Crippen LogP contribution in [0.3, 0.4) is 0 Å². The van der Waals surface area contributed by atoms with Crippen LogP contribution in [0.2, 0.25) is 0 Å². The van der Waals surface area contributed by atoms with Gasteiger partial charge in [-0.25, -0.2) is 5.43 Å². The number of thioether (sulfide) groups is 1. The molecule has 2 amide bonds. The van der Waals surface area contributed by atoms with Crippen molar-refractivity contribution in [1.82, 2.24) is 15.6 Å². The lowest BCUT2D eigenvalue weighted by molar-refractivity contribution is -0.142. The summed E-state index contributed by atoms with van der Waals surface area (Å²) in [6.45, 7) is 2.04. The van der Waals surface area contributed by atoms with Crippen molar-refractivity contribution in [1.29, 1.82) is 0 Å². The van der Waals surface area contributed by atoms with Crippen molar-refractivity contribution in [3.05, 3.63) is 0 Å². The van der Waals surface area contributed by atoms with Crippen molar-refractivity contribution in [2.24, 2.45) is 16.9 Å². The second-order valence-electron chi connectivity index (χ2n) is 8.77. The highest BCUT2D eigenvalue weighted by Gasteiger charge is 2.37. The summed E-state index contributed by atoms with van der Waals surface area (Å²) in [5.41, 5.74) is 2.46. The number of amidine groups is 1. The summed E-state index contributed by atoms with van der Waals surface area (Å²) in [7, 11) is 0. The van der Waals surface area contributed by atoms with Gasteiger partial charge in [-0.15, -0.1) is 5.10 Å². The van der Waals surface area contributed by atoms with E-state index >= 15 is 0 Å². The molecule has 4 fully saturated rings. The van der Waals surface area contributed by atoms with Crippen molar-refractivity contribution in [2.45, 2.75) is 69.9 Å². The molecule has 1 aliphatic carbocycles. The number of hydrazone groups is 1. The van der Waals surface area contributed by atoms with E-state index in [1.807, 2.05) is 0 Å². The van der Waals surface area contributed by atoms with Crippen LogP contribution in [0.5, 0.6) is 0 Å². The standard InChI is InChI=1S/C21H32N4O4S/c26-18(20(28)23-24-21-25-10-4-7-16(25)13-30-21)17(14-8-11-29-12-9-14)22-19(27)15-5-2-1-3-6-15/h14-17H,1-13H2,(H,22,27)(H,23,28)/b24-21-/t16-,17+/m1/s1. The van der Waals surface area contributed by atoms with Gasteiger partial charge < -0.3 is 15.0 Å². The molecule has 0 aromatic heterocycles. The number of ether oxygens (including phenoxy) is 1. The minimum Gasteiger partial charge on any atom is -0.381 e. The second-order valence-corrected chi connectivity index (χ2v) is 9.76. The van der Waals surface area contributed by atoms with E-state index < -0.39 is 17.7 Å². The van der Waals surface area contributed by atoms with Gasteiger partial charge in [-0.2, -0.15) is 0 Å². The first-order valence-electron chi connectivity index (χ1n) is 11.3. The Morgan fingerprint density at radius 3 is 2.57 bits per heavy atom. The van der Waals surface area contributed by atoms with E-state index in [-0.39, 0.29) is 17.7 Å². The van der Waals surface area contributed by atoms with Gasteiger partial charge in [0.05, 0.1) is 0 Å². The van der Waals surface area contributed by atoms with Gasteiger partial charge in [0, 0.05) is 37.5 Å². The third-order valence-electron chi connectivity index (χ3n) is 6.80. The maximum Gasteiger partial charge on any atom is 0.309 e. The van der Waals surface area contributed by atoms with E-state index in [1.165, 1.54) is 0 Å². The Kier molecular flexibility index (Phi) is 7.30. The van der Waals surface area contributed by atoms with Crippen molar-refractivity contribution >= 4 is 34.5 Å². The maximum atomic E-state index is 13.0. The van der Waals surface area contributed by atoms with Gasteiger partial charge in [-0.05, 0) is 44.4 Å². The predicted molar refractivity (Wildman–Crippen MR) is 115 cm³/mol. The molecule has 2 atom stereocenters. The Hall–Kier alpha value is -1.61. The minimum atomic E-state index is -0.806. The van der Waals surface area contributed by atoms with E-state index in [0.29, 0.717) is 32.1 Å². The van der Waals surface area contributed by atoms with E-state index in [1.54, 1.807) is 11.8 Å². The third-order valence-corrected chi connectivity index (χ3v) is 7.93. The van der Waals surface area contributed by atoms with Crippen LogP contribution in [0.4, 0.5) is 0 Å². The van der Waals surface area contributed by atoms with Gasteiger partial charge in [0.25, 0.3) is 0 Å². The second kappa shape index (κ2) is 10.1. The van der Waals surface area contributed by atoms with Crippen LogP contribution >= 0.6 is 11.8 Å². The first-order chi connectivity index (χ1) is 14.6. The summed E-state index contributed by atoms with van der Waals surface area (Å²) in [5.74, 6) is -0.599. The molecule has 1 saturated carbocycles. The number of hydrogen-bond donors (Lipinski definition) is 2. The van der Waals surface area contributed by atoms with Gasteiger partial charge in [0.1, 0.15) is 6.04 Å². The molecule has 2 N–H and O–H groups in total. The van der Waals surface area contributed by atoms with Crippen molar-refractivity contribution < 1.29 is 19.1 Å². The van der Waals surface area contributed by atoms with Gasteiger partial charge >= 0.3 is 5.91 Å². The van der Waals surface area contributed by atoms with Gasteiger partial charge in [0.2, 0.25) is 11.7 Å². The largest absolute Gasteiger partial charge is 0.381 e. The number of carbonyl (C=O) groups excluding carboxylic acids is 3. The van der Waals surface area contributed by atoms with Crippen LogP contribution in [0, 0.1) is 11.8 Å². The molecular formula is C21H32N4O4S. The topological polar surface area (TPSA) is 100 Å². The Morgan fingerprint density at radius 2 is 1.80 bits per heavy atom. The van der Waals surface area contributed by atoms with Crippen LogP contribution in [0.1, 0.15) is 57.8 Å². The van der Waals surface area contributed by atoms with E-state index in [9.17, 15) is 14.4 Å². The first-order valence-corrected chi connectivity index (χ1v) is 12.3. The molecule has 0 radical (unpaired) electrons. The van der Waals surface area contributed by atoms with Gasteiger partial charge in [-0.1, -0.05) is 31.0 Å². The maximum absolute atomic E-state index is 13.0. The highest BCUT2D eigenvalue weighted by molar-refractivity contribution is 8.14. The van der Waals surface area contributed by atoms with Crippen LogP contribution < -0.4 is 10.7 Å². The molecule has 0 spiro atoms. The average Bonchev–Trinajstić information content (AvgIpc) is 3.41. The van der Waals surface area contributed by atoms with Crippen molar-refractivity contribution in [2.75, 3.05) is 25.5 Å². The number of nitrogens with zero attached hydrogens (tertiary/aromatic N) is 2. The number of fused-ring (bicyclic) bond motifs is 1. The average molecular weight is 437 g/mol. The Labute approximate surface area is 181 Å². The Morgan fingerprint density at radius 1 is 1.03 bits per heavy atom. The van der Waals surface area contributed by atoms with Crippen molar-refractivity contribution in [3.8, 4) is 0 Å². The van der Waals surface area contributed by atoms with Gasteiger partial charge in [-0.3, -0.25) is 14.4 Å². The van der Waals surface area contributed by atoms with E-state index in [0.717, 1.165) is 62.4 Å². The number of hydrogen-bond acceptors (Lipinski definition) is 6. The fourth-order valence-electron chi connectivity index (χ4n) is 4.99. The molecule has 166 valence electrons. The molecule has 0 bridgehead atoms. The van der Waals surface area contributed by atoms with E-state index in [4.69, 9.17) is 4.74 Å². The lowest BCUT2D eigenvalue weighted by atomic mass is 9.85. The fraction of sp³-hybridized carbons (Fsp3) is 0.810. The number of rotatable bonds is 6. The van der Waals surface area contributed by atoms with Gasteiger partial charge in [0.15, 0.2) is 5.17 Å². The first kappa shape index (κ1) is 21.6. The summed E-state index contributed by atoms with van der Waals surface area (Å²) in [5, 5.41) is 7.95. The molecule has 3 aliphatic heterocycles. The van der Waals surface area contributed by atoms with E-state index in [2.05, 4.69) is 20.7 Å². The summed E-state index contributed by atoms with van der Waals surface area (Å²) in [4.78, 5) is 40.7. The van der Waals surface area contributed by atoms with Crippen LogP contribution in [0.15, 0.2) is 5.10 Å². The number of Topliss-reactive ketones (excluding diaryl/α,β-unsaturated/α-hetero) is 1. The van der Waals surface area contributed by atoms with Crippen LogP contribution in [-0.4, -0.2) is 65.3 Å². The Balaban J connectivity index is 1.40. The molecule has 4 rings (SSSR count). The number of amides is 2. The molecule has 8 nitrogen and oxygen atoms in total. The van der Waals surface area contributed by atoms with Crippen molar-refractivity contribution in [3.63, 3.8) is 0 Å². The zero-order valence-corrected chi connectivity index (χ0v) is 18.3. The molecule has 0 unspecified atom stereocenters. The molecule has 0 aromatic carbocycles. The summed E-state index contributed by atoms with van der Waals surface area (Å²) in [6.07, 6.45) is 8.56. The number of nitrogens with one attached hydrogen (secondary N) is 2. The lowest BCUT2D eigenvalue weighted by Gasteiger charge is -2.31. The zero-order valence-electron chi connectivity index (χ0n) is 17.4. The SMILES string of the molecule is O=C(N/N=C1\SC[C@H]2CCCN12)C(=O)[C@@H](NC(=O)C1CCCCC1)C1CCOCC1. The van der Waals surface area contributed by atoms with Crippen LogP contribution in [0.25, 0.3) is 0 Å². The quantitative estimate of drug-likeness (QED) is 0.485. The molecule has 4 aliphatic rings. The molecule has 3 heterocycles.